The maximum absolute atomic E-state index is 12.7. The smallest absolute Gasteiger partial charge is 0.317 e. The van der Waals surface area contributed by atoms with E-state index in [1.165, 1.54) is 5.56 Å². The Balaban J connectivity index is 1.35. The molecule has 3 amide bonds. The molecule has 2 fully saturated rings. The topological polar surface area (TPSA) is 61.4 Å². The number of fused-ring (bicyclic) bond motifs is 2. The Bertz CT molecular complexity index is 819. The standard InChI is InChI=1S/C22H25N3O2/c1-15-7-9-16(10-8-15)13-23-22(27)25-14-17-11-19(20(25)12-17)24-21(26)18-5-3-2-4-6-18/h2-10,17,19-20H,11-14H2,1H3,(H,23,27)(H,24,26)/t17-,19+,20-/m1/s1. The summed E-state index contributed by atoms with van der Waals surface area (Å²) in [6.07, 6.45) is 1.92. The second-order valence-corrected chi connectivity index (χ2v) is 7.65. The Morgan fingerprint density at radius 1 is 1.04 bits per heavy atom. The van der Waals surface area contributed by atoms with Crippen molar-refractivity contribution >= 4 is 11.9 Å². The highest BCUT2D eigenvalue weighted by molar-refractivity contribution is 5.94. The minimum atomic E-state index is -0.0619. The van der Waals surface area contributed by atoms with Crippen LogP contribution >= 0.6 is 0 Å². The maximum atomic E-state index is 12.7. The van der Waals surface area contributed by atoms with Gasteiger partial charge in [-0.2, -0.15) is 0 Å². The number of likely N-dealkylation sites (tertiary alicyclic amines) is 1. The number of hydrogen-bond donors (Lipinski definition) is 2. The SMILES string of the molecule is Cc1ccc(CNC(=O)N2C[C@@H]3C[C@H](NC(=O)c4ccccc4)[C@H]2C3)cc1. The lowest BCUT2D eigenvalue weighted by Gasteiger charge is -2.33. The van der Waals surface area contributed by atoms with Crippen LogP contribution in [-0.2, 0) is 6.54 Å². The summed E-state index contributed by atoms with van der Waals surface area (Å²) in [6, 6.07) is 17.5. The molecular formula is C22H25N3O2. The molecule has 4 rings (SSSR count). The van der Waals surface area contributed by atoms with Gasteiger partial charge in [0.25, 0.3) is 5.91 Å². The number of nitrogens with zero attached hydrogens (tertiary/aromatic N) is 1. The molecule has 2 aliphatic rings. The van der Waals surface area contributed by atoms with E-state index in [2.05, 4.69) is 22.8 Å². The molecule has 0 unspecified atom stereocenters. The van der Waals surface area contributed by atoms with Crippen LogP contribution in [0.3, 0.4) is 0 Å². The van der Waals surface area contributed by atoms with Gasteiger partial charge in [-0.05, 0) is 43.4 Å². The molecule has 1 heterocycles. The van der Waals surface area contributed by atoms with Crippen molar-refractivity contribution < 1.29 is 9.59 Å². The van der Waals surface area contributed by atoms with Crippen molar-refractivity contribution in [2.75, 3.05) is 6.54 Å². The van der Waals surface area contributed by atoms with E-state index in [1.807, 2.05) is 54.3 Å². The minimum absolute atomic E-state index is 0.0292. The number of aryl methyl sites for hydroxylation is 1. The first kappa shape index (κ1) is 17.6. The monoisotopic (exact) mass is 363 g/mol. The van der Waals surface area contributed by atoms with Gasteiger partial charge in [0.2, 0.25) is 0 Å². The summed E-state index contributed by atoms with van der Waals surface area (Å²) in [5, 5.41) is 6.16. The first-order valence-electron chi connectivity index (χ1n) is 9.56. The number of carbonyl (C=O) groups excluding carboxylic acids is 2. The third-order valence-electron chi connectivity index (χ3n) is 5.66. The number of amides is 3. The Morgan fingerprint density at radius 3 is 2.48 bits per heavy atom. The fourth-order valence-corrected chi connectivity index (χ4v) is 4.24. The molecule has 5 heteroatoms. The third-order valence-corrected chi connectivity index (χ3v) is 5.66. The fraction of sp³-hybridized carbons (Fsp3) is 0.364. The van der Waals surface area contributed by atoms with Crippen LogP contribution in [0, 0.1) is 12.8 Å². The lowest BCUT2D eigenvalue weighted by molar-refractivity contribution is 0.0902. The summed E-state index contributed by atoms with van der Waals surface area (Å²) < 4.78 is 0. The first-order chi connectivity index (χ1) is 13.1. The van der Waals surface area contributed by atoms with Gasteiger partial charge in [0.15, 0.2) is 0 Å². The molecular weight excluding hydrogens is 338 g/mol. The van der Waals surface area contributed by atoms with Gasteiger partial charge < -0.3 is 15.5 Å². The normalized spacial score (nSPS) is 23.3. The van der Waals surface area contributed by atoms with Crippen molar-refractivity contribution in [3.8, 4) is 0 Å². The van der Waals surface area contributed by atoms with Gasteiger partial charge in [0.1, 0.15) is 0 Å². The van der Waals surface area contributed by atoms with Crippen molar-refractivity contribution in [1.29, 1.82) is 0 Å². The number of urea groups is 1. The van der Waals surface area contributed by atoms with Gasteiger partial charge in [-0.3, -0.25) is 4.79 Å². The molecule has 3 atom stereocenters. The van der Waals surface area contributed by atoms with Crippen LogP contribution in [0.25, 0.3) is 0 Å². The predicted molar refractivity (Wildman–Crippen MR) is 104 cm³/mol. The van der Waals surface area contributed by atoms with Gasteiger partial charge >= 0.3 is 6.03 Å². The first-order valence-corrected chi connectivity index (χ1v) is 9.56. The van der Waals surface area contributed by atoms with E-state index in [0.29, 0.717) is 18.0 Å². The van der Waals surface area contributed by atoms with Crippen molar-refractivity contribution in [1.82, 2.24) is 15.5 Å². The van der Waals surface area contributed by atoms with Crippen LogP contribution in [0.15, 0.2) is 54.6 Å². The molecule has 0 aromatic heterocycles. The fourth-order valence-electron chi connectivity index (χ4n) is 4.24. The largest absolute Gasteiger partial charge is 0.347 e. The highest BCUT2D eigenvalue weighted by atomic mass is 16.2. The highest BCUT2D eigenvalue weighted by Crippen LogP contribution is 2.37. The quantitative estimate of drug-likeness (QED) is 0.877. The van der Waals surface area contributed by atoms with Gasteiger partial charge in [0, 0.05) is 24.7 Å². The second kappa shape index (κ2) is 7.43. The van der Waals surface area contributed by atoms with Crippen LogP contribution in [0.5, 0.6) is 0 Å². The number of piperidine rings is 1. The van der Waals surface area contributed by atoms with Crippen LogP contribution in [0.4, 0.5) is 4.79 Å². The van der Waals surface area contributed by atoms with Gasteiger partial charge in [-0.1, -0.05) is 48.0 Å². The molecule has 2 aromatic rings. The van der Waals surface area contributed by atoms with E-state index in [9.17, 15) is 9.59 Å². The molecule has 1 aliphatic heterocycles. The molecule has 1 aliphatic carbocycles. The predicted octanol–water partition coefficient (Wildman–Crippen LogP) is 3.10. The molecule has 27 heavy (non-hydrogen) atoms. The Kier molecular flexibility index (Phi) is 4.84. The van der Waals surface area contributed by atoms with Crippen molar-refractivity contribution in [2.45, 2.75) is 38.4 Å². The summed E-state index contributed by atoms with van der Waals surface area (Å²) in [5.74, 6) is 0.411. The molecule has 140 valence electrons. The summed E-state index contributed by atoms with van der Waals surface area (Å²) in [4.78, 5) is 27.0. The zero-order valence-electron chi connectivity index (χ0n) is 15.5. The maximum Gasteiger partial charge on any atom is 0.317 e. The summed E-state index contributed by atoms with van der Waals surface area (Å²) in [7, 11) is 0. The Morgan fingerprint density at radius 2 is 1.78 bits per heavy atom. The number of carbonyl (C=O) groups is 2. The Hall–Kier alpha value is -2.82. The average molecular weight is 363 g/mol. The highest BCUT2D eigenvalue weighted by Gasteiger charge is 2.47. The van der Waals surface area contributed by atoms with Gasteiger partial charge in [0.05, 0.1) is 6.04 Å². The molecule has 1 saturated carbocycles. The van der Waals surface area contributed by atoms with Gasteiger partial charge in [-0.25, -0.2) is 4.79 Å². The third kappa shape index (κ3) is 3.82. The van der Waals surface area contributed by atoms with E-state index in [0.717, 1.165) is 24.9 Å². The molecule has 1 saturated heterocycles. The number of hydrogen-bond acceptors (Lipinski definition) is 2. The van der Waals surface area contributed by atoms with Crippen LogP contribution in [0.1, 0.15) is 34.3 Å². The Labute approximate surface area is 159 Å². The van der Waals surface area contributed by atoms with Crippen molar-refractivity contribution in [3.05, 3.63) is 71.3 Å². The molecule has 2 bridgehead atoms. The average Bonchev–Trinajstić information content (AvgIpc) is 3.28. The van der Waals surface area contributed by atoms with Crippen molar-refractivity contribution in [2.24, 2.45) is 5.92 Å². The van der Waals surface area contributed by atoms with E-state index >= 15 is 0 Å². The molecule has 2 N–H and O–H groups in total. The zero-order valence-corrected chi connectivity index (χ0v) is 15.5. The zero-order chi connectivity index (χ0) is 18.8. The lowest BCUT2D eigenvalue weighted by Crippen LogP contribution is -2.54. The molecule has 0 spiro atoms. The second-order valence-electron chi connectivity index (χ2n) is 7.65. The van der Waals surface area contributed by atoms with E-state index < -0.39 is 0 Å². The van der Waals surface area contributed by atoms with E-state index in [1.54, 1.807) is 0 Å². The molecule has 5 nitrogen and oxygen atoms in total. The molecule has 2 aromatic carbocycles. The lowest BCUT2D eigenvalue weighted by atomic mass is 10.1. The van der Waals surface area contributed by atoms with E-state index in [4.69, 9.17) is 0 Å². The van der Waals surface area contributed by atoms with Crippen LogP contribution in [-0.4, -0.2) is 35.5 Å². The number of rotatable bonds is 4. The number of nitrogens with one attached hydrogen (secondary N) is 2. The molecule has 0 radical (unpaired) electrons. The number of benzene rings is 2. The summed E-state index contributed by atoms with van der Waals surface area (Å²) in [6.45, 7) is 3.35. The van der Waals surface area contributed by atoms with Crippen LogP contribution in [0.2, 0.25) is 0 Å². The van der Waals surface area contributed by atoms with Crippen molar-refractivity contribution in [3.63, 3.8) is 0 Å². The summed E-state index contributed by atoms with van der Waals surface area (Å²) >= 11 is 0. The van der Waals surface area contributed by atoms with Crippen LogP contribution < -0.4 is 10.6 Å². The van der Waals surface area contributed by atoms with Gasteiger partial charge in [-0.15, -0.1) is 0 Å². The minimum Gasteiger partial charge on any atom is -0.347 e. The van der Waals surface area contributed by atoms with E-state index in [-0.39, 0.29) is 24.0 Å². The summed E-state index contributed by atoms with van der Waals surface area (Å²) in [5.41, 5.74) is 2.96.